The predicted molar refractivity (Wildman–Crippen MR) is 133 cm³/mol. The number of thioether (sulfide) groups is 1. The molecule has 0 radical (unpaired) electrons. The summed E-state index contributed by atoms with van der Waals surface area (Å²) >= 11 is 1.50. The van der Waals surface area contributed by atoms with Crippen molar-refractivity contribution in [3.63, 3.8) is 0 Å². The fourth-order valence-corrected chi connectivity index (χ4v) is 4.84. The Bertz CT molecular complexity index is 1300. The smallest absolute Gasteiger partial charge is 0.261 e. The summed E-state index contributed by atoms with van der Waals surface area (Å²) in [6.45, 7) is -0.102. The number of anilines is 1. The second-order valence-electron chi connectivity index (χ2n) is 8.67. The molecule has 6 nitrogen and oxygen atoms in total. The highest BCUT2D eigenvalue weighted by molar-refractivity contribution is 7.99. The topological polar surface area (TPSA) is 88.0 Å². The molecule has 4 rings (SSSR count). The van der Waals surface area contributed by atoms with Crippen molar-refractivity contribution in [3.8, 4) is 0 Å². The minimum atomic E-state index is -2.36. The zero-order valence-corrected chi connectivity index (χ0v) is 21.1. The average molecular weight is 570 g/mol. The first-order valence-corrected chi connectivity index (χ1v) is 13.0. The quantitative estimate of drug-likeness (QED) is 0.139. The van der Waals surface area contributed by atoms with E-state index in [4.69, 9.17) is 14.6 Å². The summed E-state index contributed by atoms with van der Waals surface area (Å²) in [5.74, 6) is -11.7. The highest BCUT2D eigenvalue weighted by atomic mass is 32.2. The first kappa shape index (κ1) is 29.0. The third kappa shape index (κ3) is 6.59. The van der Waals surface area contributed by atoms with Crippen LogP contribution >= 0.6 is 11.8 Å². The van der Waals surface area contributed by atoms with Crippen molar-refractivity contribution in [2.45, 2.75) is 31.5 Å². The average Bonchev–Trinajstić information content (AvgIpc) is 2.95. The Morgan fingerprint density at radius 3 is 2.21 bits per heavy atom. The molecule has 3 aromatic rings. The Balaban J connectivity index is 1.57. The lowest BCUT2D eigenvalue weighted by atomic mass is 10.0. The lowest BCUT2D eigenvalue weighted by molar-refractivity contribution is -0.245. The fourth-order valence-electron chi connectivity index (χ4n) is 4.06. The van der Waals surface area contributed by atoms with Crippen LogP contribution in [-0.2, 0) is 16.1 Å². The summed E-state index contributed by atoms with van der Waals surface area (Å²) < 4.78 is 81.0. The number of aliphatic hydroxyl groups is 2. The molecular weight excluding hydrogens is 545 g/mol. The van der Waals surface area contributed by atoms with Crippen LogP contribution in [-0.4, -0.2) is 40.3 Å². The van der Waals surface area contributed by atoms with Crippen molar-refractivity contribution >= 4 is 23.4 Å². The molecule has 0 aliphatic carbocycles. The van der Waals surface area contributed by atoms with Crippen molar-refractivity contribution < 1.29 is 46.4 Å². The van der Waals surface area contributed by atoms with Gasteiger partial charge in [0.05, 0.1) is 25.4 Å². The van der Waals surface area contributed by atoms with Gasteiger partial charge in [-0.05, 0) is 23.3 Å². The van der Waals surface area contributed by atoms with E-state index in [0.29, 0.717) is 23.5 Å². The molecule has 1 fully saturated rings. The molecule has 1 saturated heterocycles. The number of hydrogen-bond donors (Lipinski definition) is 3. The van der Waals surface area contributed by atoms with Gasteiger partial charge in [0.15, 0.2) is 29.6 Å². The number of benzene rings is 3. The van der Waals surface area contributed by atoms with E-state index in [1.165, 1.54) is 30.0 Å². The zero-order chi connectivity index (χ0) is 28.1. The Morgan fingerprint density at radius 1 is 0.897 bits per heavy atom. The largest absolute Gasteiger partial charge is 0.396 e. The molecule has 3 atom stereocenters. The third-order valence-electron chi connectivity index (χ3n) is 6.01. The summed E-state index contributed by atoms with van der Waals surface area (Å²) in [4.78, 5) is 12.5. The van der Waals surface area contributed by atoms with Gasteiger partial charge < -0.3 is 25.0 Å². The summed E-state index contributed by atoms with van der Waals surface area (Å²) in [5.41, 5.74) is 0.408. The Kier molecular flexibility index (Phi) is 9.57. The zero-order valence-electron chi connectivity index (χ0n) is 20.3. The predicted octanol–water partition coefficient (Wildman–Crippen LogP) is 5.40. The number of halogens is 5. The molecule has 0 aromatic heterocycles. The van der Waals surface area contributed by atoms with Crippen molar-refractivity contribution in [1.82, 2.24) is 0 Å². The second-order valence-corrected chi connectivity index (χ2v) is 9.82. The van der Waals surface area contributed by atoms with Crippen LogP contribution in [0.4, 0.5) is 27.6 Å². The van der Waals surface area contributed by atoms with E-state index in [1.54, 1.807) is 18.2 Å². The number of amides is 1. The van der Waals surface area contributed by atoms with Crippen LogP contribution in [0, 0.1) is 29.1 Å². The molecule has 1 aliphatic heterocycles. The Labute approximate surface area is 224 Å². The van der Waals surface area contributed by atoms with Crippen molar-refractivity contribution in [2.24, 2.45) is 0 Å². The van der Waals surface area contributed by atoms with E-state index in [0.717, 1.165) is 11.1 Å². The Hall–Kier alpha value is -3.03. The van der Waals surface area contributed by atoms with E-state index in [2.05, 4.69) is 5.32 Å². The van der Waals surface area contributed by atoms with Gasteiger partial charge in [0, 0.05) is 29.2 Å². The molecule has 1 aliphatic rings. The molecule has 12 heteroatoms. The maximum absolute atomic E-state index is 14.1. The van der Waals surface area contributed by atoms with E-state index in [1.807, 2.05) is 12.1 Å². The third-order valence-corrected chi connectivity index (χ3v) is 7.09. The van der Waals surface area contributed by atoms with Crippen LogP contribution in [0.3, 0.4) is 0 Å². The minimum Gasteiger partial charge on any atom is -0.396 e. The lowest BCUT2D eigenvalue weighted by Gasteiger charge is -2.36. The van der Waals surface area contributed by atoms with Crippen molar-refractivity contribution in [2.75, 3.05) is 23.4 Å². The van der Waals surface area contributed by atoms with Gasteiger partial charge in [-0.15, -0.1) is 0 Å². The number of aliphatic hydroxyl groups excluding tert-OH is 2. The molecule has 0 unspecified atom stereocenters. The number of rotatable bonds is 9. The highest BCUT2D eigenvalue weighted by Crippen LogP contribution is 2.39. The van der Waals surface area contributed by atoms with Crippen molar-refractivity contribution in [1.29, 1.82) is 0 Å². The van der Waals surface area contributed by atoms with E-state index in [-0.39, 0.29) is 25.0 Å². The van der Waals surface area contributed by atoms with Crippen LogP contribution in [0.2, 0.25) is 0 Å². The van der Waals surface area contributed by atoms with Gasteiger partial charge in [-0.2, -0.15) is 11.8 Å². The molecule has 3 aromatic carbocycles. The molecule has 0 bridgehead atoms. The molecular formula is C27H24F5NO5S. The summed E-state index contributed by atoms with van der Waals surface area (Å²) in [6.07, 6.45) is -1.10. The molecule has 1 heterocycles. The van der Waals surface area contributed by atoms with Gasteiger partial charge in [0.25, 0.3) is 5.91 Å². The van der Waals surface area contributed by atoms with E-state index in [9.17, 15) is 31.9 Å². The van der Waals surface area contributed by atoms with Crippen molar-refractivity contribution in [3.05, 3.63) is 99.9 Å². The van der Waals surface area contributed by atoms with Crippen LogP contribution in [0.1, 0.15) is 45.9 Å². The maximum Gasteiger partial charge on any atom is 0.261 e. The molecule has 39 heavy (non-hydrogen) atoms. The van der Waals surface area contributed by atoms with Gasteiger partial charge >= 0.3 is 0 Å². The van der Waals surface area contributed by atoms with Crippen LogP contribution in [0.5, 0.6) is 0 Å². The second kappa shape index (κ2) is 12.9. The fraction of sp³-hybridized carbons (Fsp3) is 0.296. The Morgan fingerprint density at radius 2 is 1.56 bits per heavy atom. The summed E-state index contributed by atoms with van der Waals surface area (Å²) in [7, 11) is 0. The van der Waals surface area contributed by atoms with Crippen LogP contribution in [0.15, 0.2) is 48.5 Å². The summed E-state index contributed by atoms with van der Waals surface area (Å²) in [5, 5.41) is 20.6. The van der Waals surface area contributed by atoms with Gasteiger partial charge in [-0.1, -0.05) is 36.4 Å². The van der Waals surface area contributed by atoms with E-state index >= 15 is 0 Å². The first-order valence-electron chi connectivity index (χ1n) is 11.9. The van der Waals surface area contributed by atoms with Crippen LogP contribution < -0.4 is 5.32 Å². The lowest BCUT2D eigenvalue weighted by Crippen LogP contribution is -2.31. The monoisotopic (exact) mass is 569 g/mol. The number of hydrogen-bond acceptors (Lipinski definition) is 6. The number of nitrogens with one attached hydrogen (secondary N) is 1. The first-order chi connectivity index (χ1) is 18.7. The maximum atomic E-state index is 14.1. The van der Waals surface area contributed by atoms with Gasteiger partial charge in [-0.25, -0.2) is 22.0 Å². The standard InChI is InChI=1S/C27H24F5NO5S/c28-21-20(22(29)24(31)25(32)23(21)30)26(36)33-17-3-1-2-16(10-17)27-37-18(13-39-9-8-34)11-19(38-27)15-6-4-14(12-35)5-7-15/h1-7,10,18-19,27,34-35H,8-9,11-13H2,(H,33,36)/t18-,19+,27+/m0/s1. The van der Waals surface area contributed by atoms with E-state index < -0.39 is 53.0 Å². The number of carbonyl (C=O) groups excluding carboxylic acids is 1. The summed E-state index contributed by atoms with van der Waals surface area (Å²) in [6, 6.07) is 13.1. The molecule has 0 saturated carbocycles. The van der Waals surface area contributed by atoms with Crippen LogP contribution in [0.25, 0.3) is 0 Å². The highest BCUT2D eigenvalue weighted by Gasteiger charge is 2.33. The minimum absolute atomic E-state index is 0.00809. The SMILES string of the molecule is O=C(Nc1cccc([C@@H]2O[C@H](CSCCO)C[C@H](c3ccc(CO)cc3)O2)c1)c1c(F)c(F)c(F)c(F)c1F. The normalized spacial score (nSPS) is 19.2. The van der Waals surface area contributed by atoms with Gasteiger partial charge in [-0.3, -0.25) is 4.79 Å². The van der Waals surface area contributed by atoms with Gasteiger partial charge in [0.2, 0.25) is 5.82 Å². The molecule has 208 valence electrons. The molecule has 1 amide bonds. The number of ether oxygens (including phenoxy) is 2. The number of carbonyl (C=O) groups is 1. The molecule has 3 N–H and O–H groups in total. The molecule has 0 spiro atoms. The van der Waals surface area contributed by atoms with Gasteiger partial charge in [0.1, 0.15) is 5.56 Å².